The van der Waals surface area contributed by atoms with E-state index in [4.69, 9.17) is 5.73 Å². The van der Waals surface area contributed by atoms with Gasteiger partial charge in [-0.05, 0) is 37.3 Å². The number of aromatic nitrogens is 2. The molecule has 21 heavy (non-hydrogen) atoms. The fourth-order valence-electron chi connectivity index (χ4n) is 3.06. The highest BCUT2D eigenvalue weighted by Gasteiger charge is 2.35. The smallest absolute Gasteiger partial charge is 0.272 e. The van der Waals surface area contributed by atoms with E-state index in [9.17, 15) is 4.79 Å². The number of carbonyl (C=O) groups is 1. The fourth-order valence-corrected chi connectivity index (χ4v) is 3.06. The molecule has 6 nitrogen and oxygen atoms in total. The van der Waals surface area contributed by atoms with E-state index in [1.165, 1.54) is 12.8 Å². The average molecular weight is 289 g/mol. The van der Waals surface area contributed by atoms with Crippen LogP contribution in [-0.2, 0) is 0 Å². The third kappa shape index (κ3) is 2.85. The van der Waals surface area contributed by atoms with E-state index in [1.54, 1.807) is 12.3 Å². The van der Waals surface area contributed by atoms with E-state index in [-0.39, 0.29) is 11.3 Å². The van der Waals surface area contributed by atoms with Gasteiger partial charge in [0.2, 0.25) is 5.95 Å². The Morgan fingerprint density at radius 1 is 1.38 bits per heavy atom. The highest BCUT2D eigenvalue weighted by molar-refractivity contribution is 5.92. The van der Waals surface area contributed by atoms with E-state index in [0.717, 1.165) is 26.1 Å². The van der Waals surface area contributed by atoms with Crippen LogP contribution < -0.4 is 10.6 Å². The lowest BCUT2D eigenvalue weighted by molar-refractivity contribution is 0.0771. The van der Waals surface area contributed by atoms with E-state index in [1.807, 2.05) is 4.90 Å². The molecule has 1 atom stereocenters. The summed E-state index contributed by atoms with van der Waals surface area (Å²) in [6, 6.07) is 1.71. The van der Waals surface area contributed by atoms with Gasteiger partial charge in [-0.25, -0.2) is 9.97 Å². The van der Waals surface area contributed by atoms with Crippen molar-refractivity contribution in [1.82, 2.24) is 14.9 Å². The summed E-state index contributed by atoms with van der Waals surface area (Å²) in [7, 11) is 0. The first-order valence-corrected chi connectivity index (χ1v) is 7.69. The van der Waals surface area contributed by atoms with Crippen LogP contribution in [0.3, 0.4) is 0 Å². The van der Waals surface area contributed by atoms with Crippen LogP contribution >= 0.6 is 0 Å². The molecular formula is C15H23N5O. The standard InChI is InChI=1S/C15H23N5O/c1-15(10-16)5-9-20(11-15)13(21)12-4-6-17-14(18-12)19-7-2-3-8-19/h4,6H,2-3,5,7-11,16H2,1H3. The van der Waals surface area contributed by atoms with Crippen LogP contribution in [0.25, 0.3) is 0 Å². The van der Waals surface area contributed by atoms with Crippen molar-refractivity contribution < 1.29 is 4.79 Å². The SMILES string of the molecule is CC1(CN)CCN(C(=O)c2ccnc(N3CCCC3)n2)C1. The molecule has 0 radical (unpaired) electrons. The number of nitrogens with zero attached hydrogens (tertiary/aromatic N) is 4. The Labute approximate surface area is 125 Å². The Balaban J connectivity index is 1.74. The van der Waals surface area contributed by atoms with Gasteiger partial charge in [-0.1, -0.05) is 6.92 Å². The summed E-state index contributed by atoms with van der Waals surface area (Å²) < 4.78 is 0. The van der Waals surface area contributed by atoms with Crippen LogP contribution in [0.4, 0.5) is 5.95 Å². The van der Waals surface area contributed by atoms with Crippen molar-refractivity contribution in [2.24, 2.45) is 11.1 Å². The summed E-state index contributed by atoms with van der Waals surface area (Å²) in [5.41, 5.74) is 6.34. The molecule has 2 aliphatic rings. The number of likely N-dealkylation sites (tertiary alicyclic amines) is 1. The summed E-state index contributed by atoms with van der Waals surface area (Å²) in [6.45, 7) is 6.18. The molecule has 3 rings (SSSR count). The predicted octanol–water partition coefficient (Wildman–Crippen LogP) is 0.888. The van der Waals surface area contributed by atoms with Crippen LogP contribution in [0, 0.1) is 5.41 Å². The van der Waals surface area contributed by atoms with Crippen molar-refractivity contribution in [3.63, 3.8) is 0 Å². The Kier molecular flexibility index (Phi) is 3.80. The van der Waals surface area contributed by atoms with Gasteiger partial charge in [0.1, 0.15) is 5.69 Å². The number of anilines is 1. The molecule has 0 spiro atoms. The molecule has 0 aliphatic carbocycles. The third-order valence-electron chi connectivity index (χ3n) is 4.59. The van der Waals surface area contributed by atoms with Gasteiger partial charge in [0.05, 0.1) is 0 Å². The zero-order valence-electron chi connectivity index (χ0n) is 12.6. The Bertz CT molecular complexity index is 529. The van der Waals surface area contributed by atoms with Gasteiger partial charge in [0, 0.05) is 32.4 Å². The van der Waals surface area contributed by atoms with Crippen LogP contribution in [0.15, 0.2) is 12.3 Å². The van der Waals surface area contributed by atoms with Gasteiger partial charge >= 0.3 is 0 Å². The summed E-state index contributed by atoms with van der Waals surface area (Å²) in [6.07, 6.45) is 4.98. The lowest BCUT2D eigenvalue weighted by Gasteiger charge is -2.22. The second-order valence-corrected chi connectivity index (χ2v) is 6.43. The zero-order valence-corrected chi connectivity index (χ0v) is 12.6. The molecule has 1 amide bonds. The number of hydrogen-bond donors (Lipinski definition) is 1. The fraction of sp³-hybridized carbons (Fsp3) is 0.667. The van der Waals surface area contributed by atoms with Crippen LogP contribution in [0.1, 0.15) is 36.7 Å². The maximum Gasteiger partial charge on any atom is 0.272 e. The summed E-state index contributed by atoms with van der Waals surface area (Å²) in [5.74, 6) is 0.675. The molecule has 1 unspecified atom stereocenters. The molecule has 114 valence electrons. The van der Waals surface area contributed by atoms with Gasteiger partial charge in [-0.2, -0.15) is 0 Å². The number of hydrogen-bond acceptors (Lipinski definition) is 5. The monoisotopic (exact) mass is 289 g/mol. The van der Waals surface area contributed by atoms with E-state index >= 15 is 0 Å². The number of amides is 1. The van der Waals surface area contributed by atoms with Crippen molar-refractivity contribution in [2.75, 3.05) is 37.6 Å². The summed E-state index contributed by atoms with van der Waals surface area (Å²) in [4.78, 5) is 25.4. The molecule has 2 aliphatic heterocycles. The summed E-state index contributed by atoms with van der Waals surface area (Å²) >= 11 is 0. The minimum atomic E-state index is -0.00461. The van der Waals surface area contributed by atoms with Gasteiger partial charge in [-0.15, -0.1) is 0 Å². The van der Waals surface area contributed by atoms with Gasteiger partial charge < -0.3 is 15.5 Å². The number of carbonyl (C=O) groups excluding carboxylic acids is 1. The molecule has 1 aromatic heterocycles. The molecule has 1 aromatic rings. The Hall–Kier alpha value is -1.69. The maximum absolute atomic E-state index is 12.6. The molecule has 2 fully saturated rings. The second kappa shape index (κ2) is 5.60. The van der Waals surface area contributed by atoms with Gasteiger partial charge in [0.15, 0.2) is 0 Å². The highest BCUT2D eigenvalue weighted by Crippen LogP contribution is 2.29. The molecule has 3 heterocycles. The number of rotatable bonds is 3. The summed E-state index contributed by atoms with van der Waals surface area (Å²) in [5, 5.41) is 0. The molecule has 0 bridgehead atoms. The lowest BCUT2D eigenvalue weighted by atomic mass is 9.90. The molecule has 0 saturated carbocycles. The Morgan fingerprint density at radius 3 is 2.81 bits per heavy atom. The largest absolute Gasteiger partial charge is 0.341 e. The van der Waals surface area contributed by atoms with E-state index in [0.29, 0.717) is 24.7 Å². The molecule has 6 heteroatoms. The van der Waals surface area contributed by atoms with Gasteiger partial charge in [-0.3, -0.25) is 4.79 Å². The topological polar surface area (TPSA) is 75.3 Å². The first-order valence-electron chi connectivity index (χ1n) is 7.69. The predicted molar refractivity (Wildman–Crippen MR) is 81.2 cm³/mol. The van der Waals surface area contributed by atoms with E-state index < -0.39 is 0 Å². The van der Waals surface area contributed by atoms with Crippen molar-refractivity contribution >= 4 is 11.9 Å². The maximum atomic E-state index is 12.6. The van der Waals surface area contributed by atoms with Crippen molar-refractivity contribution in [2.45, 2.75) is 26.2 Å². The molecule has 0 aromatic carbocycles. The van der Waals surface area contributed by atoms with Crippen molar-refractivity contribution in [3.8, 4) is 0 Å². The second-order valence-electron chi connectivity index (χ2n) is 6.43. The normalized spacial score (nSPS) is 25.6. The van der Waals surface area contributed by atoms with Crippen LogP contribution in [0.5, 0.6) is 0 Å². The quantitative estimate of drug-likeness (QED) is 0.894. The first kappa shape index (κ1) is 14.3. The first-order chi connectivity index (χ1) is 10.1. The van der Waals surface area contributed by atoms with Crippen molar-refractivity contribution in [1.29, 1.82) is 0 Å². The van der Waals surface area contributed by atoms with Gasteiger partial charge in [0.25, 0.3) is 5.91 Å². The number of nitrogens with two attached hydrogens (primary N) is 1. The third-order valence-corrected chi connectivity index (χ3v) is 4.59. The molecule has 2 N–H and O–H groups in total. The minimum absolute atomic E-state index is 0.00461. The lowest BCUT2D eigenvalue weighted by Crippen LogP contribution is -2.35. The molecular weight excluding hydrogens is 266 g/mol. The zero-order chi connectivity index (χ0) is 14.9. The van der Waals surface area contributed by atoms with Crippen molar-refractivity contribution in [3.05, 3.63) is 18.0 Å². The highest BCUT2D eigenvalue weighted by atomic mass is 16.2. The Morgan fingerprint density at radius 2 is 2.14 bits per heavy atom. The molecule has 2 saturated heterocycles. The average Bonchev–Trinajstić information content (AvgIpc) is 3.17. The van der Waals surface area contributed by atoms with Crippen LogP contribution in [-0.4, -0.2) is 53.5 Å². The van der Waals surface area contributed by atoms with E-state index in [2.05, 4.69) is 21.8 Å². The minimum Gasteiger partial charge on any atom is -0.341 e. The van der Waals surface area contributed by atoms with Crippen LogP contribution in [0.2, 0.25) is 0 Å².